The van der Waals surface area contributed by atoms with Crippen molar-refractivity contribution in [1.82, 2.24) is 14.8 Å². The predicted octanol–water partition coefficient (Wildman–Crippen LogP) is 8.55. The van der Waals surface area contributed by atoms with E-state index in [0.717, 1.165) is 25.6 Å². The lowest BCUT2D eigenvalue weighted by Gasteiger charge is -2.05. The number of carboxylic acid groups (broad SMARTS) is 1. The zero-order valence-electron chi connectivity index (χ0n) is 25.4. The molecule has 0 amide bonds. The van der Waals surface area contributed by atoms with Gasteiger partial charge in [-0.2, -0.15) is 13.9 Å². The molecule has 0 radical (unpaired) electrons. The molecular formula is C32H42F2N4O5. The second-order valence-corrected chi connectivity index (χ2v) is 10.4. The van der Waals surface area contributed by atoms with Crippen LogP contribution >= 0.6 is 0 Å². The van der Waals surface area contributed by atoms with Crippen LogP contribution in [0.5, 0.6) is 5.75 Å². The quantitative estimate of drug-likeness (QED) is 0.123. The minimum Gasteiger partial charge on any atom is -0.497 e. The van der Waals surface area contributed by atoms with E-state index in [2.05, 4.69) is 22.3 Å². The number of benzene rings is 1. The number of nitrogens with zero attached hydrogens (tertiary/aromatic N) is 3. The maximum Gasteiger partial charge on any atom is 0.358 e. The molecule has 0 aliphatic rings. The van der Waals surface area contributed by atoms with Gasteiger partial charge in [0.15, 0.2) is 23.1 Å². The van der Waals surface area contributed by atoms with Gasteiger partial charge >= 0.3 is 11.9 Å². The van der Waals surface area contributed by atoms with Crippen LogP contribution in [0.1, 0.15) is 93.1 Å². The van der Waals surface area contributed by atoms with Gasteiger partial charge in [-0.05, 0) is 42.8 Å². The zero-order valence-corrected chi connectivity index (χ0v) is 25.4. The van der Waals surface area contributed by atoms with Crippen LogP contribution in [0.25, 0.3) is 11.3 Å². The summed E-state index contributed by atoms with van der Waals surface area (Å²) in [4.78, 5) is 14.8. The van der Waals surface area contributed by atoms with Gasteiger partial charge < -0.3 is 24.0 Å². The summed E-state index contributed by atoms with van der Waals surface area (Å²) in [5, 5.41) is 16.6. The van der Waals surface area contributed by atoms with Crippen LogP contribution in [0, 0.1) is 6.92 Å². The summed E-state index contributed by atoms with van der Waals surface area (Å²) in [6.07, 6.45) is 14.0. The van der Waals surface area contributed by atoms with E-state index in [-0.39, 0.29) is 17.2 Å². The number of rotatable bonds is 16. The highest BCUT2D eigenvalue weighted by molar-refractivity contribution is 5.92. The summed E-state index contributed by atoms with van der Waals surface area (Å²) in [6, 6.07) is 9.82. The Morgan fingerprint density at radius 1 is 1.02 bits per heavy atom. The summed E-state index contributed by atoms with van der Waals surface area (Å²) in [6.45, 7) is 5.95. The largest absolute Gasteiger partial charge is 0.497 e. The number of alkyl halides is 2. The van der Waals surface area contributed by atoms with Crippen molar-refractivity contribution in [3.05, 3.63) is 71.9 Å². The summed E-state index contributed by atoms with van der Waals surface area (Å²) in [5.74, 6) is -2.61. The third-order valence-corrected chi connectivity index (χ3v) is 6.69. The minimum absolute atomic E-state index is 0.0762. The van der Waals surface area contributed by atoms with Crippen molar-refractivity contribution < 1.29 is 32.3 Å². The molecule has 4 aromatic rings. The number of ether oxygens (including phenoxy) is 1. The van der Waals surface area contributed by atoms with Crippen LogP contribution < -0.4 is 10.1 Å². The van der Waals surface area contributed by atoms with E-state index in [9.17, 15) is 13.6 Å². The maximum atomic E-state index is 13.2. The standard InChI is InChI=1S/C20H31F2N3O.C12H11NO4/c1-3-4-5-6-7-8-9-10-13-23-17-14-24-25(15-17)16-18-11-12-19(26-18)20(2,21)22;1-7-13-10(12(14)15)11(17-7)8-3-5-9(16-2)6-4-8/h11-12,14-15,23H,3-10,13,16H2,1-2H3;3-6H,1-2H3,(H,14,15). The smallest absolute Gasteiger partial charge is 0.358 e. The monoisotopic (exact) mass is 600 g/mol. The van der Waals surface area contributed by atoms with E-state index in [1.165, 1.54) is 51.0 Å². The molecule has 3 heterocycles. The average Bonchev–Trinajstić information content (AvgIpc) is 3.73. The van der Waals surface area contributed by atoms with Crippen molar-refractivity contribution in [2.45, 2.75) is 84.6 Å². The number of halogens is 2. The van der Waals surface area contributed by atoms with Crippen molar-refractivity contribution in [2.75, 3.05) is 19.0 Å². The molecule has 0 aliphatic heterocycles. The third-order valence-electron chi connectivity index (χ3n) is 6.69. The fraction of sp³-hybridized carbons (Fsp3) is 0.469. The first-order valence-corrected chi connectivity index (χ1v) is 14.7. The van der Waals surface area contributed by atoms with Crippen molar-refractivity contribution in [1.29, 1.82) is 0 Å². The SMILES string of the molecule is CCCCCCCCCCNc1cnn(Cc2ccc(C(C)(F)F)o2)c1.COc1ccc(-c2oc(C)nc2C(=O)O)cc1. The number of hydrogen-bond acceptors (Lipinski definition) is 7. The van der Waals surface area contributed by atoms with E-state index >= 15 is 0 Å². The molecule has 2 N–H and O–H groups in total. The van der Waals surface area contributed by atoms with Crippen LogP contribution in [0.4, 0.5) is 14.5 Å². The van der Waals surface area contributed by atoms with Crippen LogP contribution in [0.15, 0.2) is 57.6 Å². The van der Waals surface area contributed by atoms with Gasteiger partial charge in [-0.3, -0.25) is 4.68 Å². The Kier molecular flexibility index (Phi) is 12.8. The number of carboxylic acids is 1. The summed E-state index contributed by atoms with van der Waals surface area (Å²) >= 11 is 0. The minimum atomic E-state index is -2.95. The molecule has 0 unspecified atom stereocenters. The maximum absolute atomic E-state index is 13.2. The number of carbonyl (C=O) groups is 1. The Labute approximate surface area is 251 Å². The van der Waals surface area contributed by atoms with Gasteiger partial charge in [0.05, 0.1) is 25.5 Å². The van der Waals surface area contributed by atoms with Gasteiger partial charge in [-0.15, -0.1) is 0 Å². The summed E-state index contributed by atoms with van der Waals surface area (Å²) in [7, 11) is 1.57. The van der Waals surface area contributed by atoms with E-state index in [4.69, 9.17) is 18.7 Å². The van der Waals surface area contributed by atoms with Crippen molar-refractivity contribution in [3.63, 3.8) is 0 Å². The van der Waals surface area contributed by atoms with Gasteiger partial charge in [0.25, 0.3) is 0 Å². The fourth-order valence-electron chi connectivity index (χ4n) is 4.40. The lowest BCUT2D eigenvalue weighted by Crippen LogP contribution is -2.05. The van der Waals surface area contributed by atoms with Crippen molar-refractivity contribution in [2.24, 2.45) is 0 Å². The molecule has 0 aliphatic carbocycles. The molecule has 43 heavy (non-hydrogen) atoms. The number of furan rings is 1. The number of oxazole rings is 1. The first-order valence-electron chi connectivity index (χ1n) is 14.7. The van der Waals surface area contributed by atoms with Gasteiger partial charge in [0.1, 0.15) is 11.5 Å². The average molecular weight is 601 g/mol. The predicted molar refractivity (Wildman–Crippen MR) is 161 cm³/mol. The first kappa shape index (κ1) is 33.4. The highest BCUT2D eigenvalue weighted by Crippen LogP contribution is 2.29. The van der Waals surface area contributed by atoms with Crippen LogP contribution in [0.3, 0.4) is 0 Å². The molecule has 0 saturated carbocycles. The fourth-order valence-corrected chi connectivity index (χ4v) is 4.40. The Morgan fingerprint density at radius 3 is 2.30 bits per heavy atom. The number of methoxy groups -OCH3 is 1. The van der Waals surface area contributed by atoms with E-state index in [0.29, 0.717) is 29.5 Å². The summed E-state index contributed by atoms with van der Waals surface area (Å²) < 4.78 is 43.6. The van der Waals surface area contributed by atoms with Crippen LogP contribution in [0.2, 0.25) is 0 Å². The lowest BCUT2D eigenvalue weighted by molar-refractivity contribution is -0.00637. The highest BCUT2D eigenvalue weighted by Gasteiger charge is 2.28. The van der Waals surface area contributed by atoms with E-state index < -0.39 is 11.9 Å². The Hall–Kier alpha value is -4.15. The number of anilines is 1. The van der Waals surface area contributed by atoms with Crippen molar-refractivity contribution in [3.8, 4) is 17.1 Å². The first-order chi connectivity index (χ1) is 20.6. The van der Waals surface area contributed by atoms with Gasteiger partial charge in [0.2, 0.25) is 0 Å². The number of hydrogen-bond donors (Lipinski definition) is 2. The number of nitrogens with one attached hydrogen (secondary N) is 1. The Bertz CT molecular complexity index is 1390. The second kappa shape index (κ2) is 16.5. The zero-order chi connectivity index (χ0) is 31.2. The topological polar surface area (TPSA) is 116 Å². The number of aromatic nitrogens is 3. The Morgan fingerprint density at radius 2 is 1.70 bits per heavy atom. The second-order valence-electron chi connectivity index (χ2n) is 10.4. The van der Waals surface area contributed by atoms with Crippen molar-refractivity contribution >= 4 is 11.7 Å². The molecule has 3 aromatic heterocycles. The van der Waals surface area contributed by atoms with Gasteiger partial charge in [0, 0.05) is 32.2 Å². The molecule has 0 atom stereocenters. The Balaban J connectivity index is 0.000000257. The molecular weight excluding hydrogens is 558 g/mol. The van der Waals surface area contributed by atoms with Crippen LogP contribution in [-0.2, 0) is 12.5 Å². The third kappa shape index (κ3) is 10.9. The number of unbranched alkanes of at least 4 members (excludes halogenated alkanes) is 7. The van der Waals surface area contributed by atoms with E-state index in [1.54, 1.807) is 55.2 Å². The highest BCUT2D eigenvalue weighted by atomic mass is 19.3. The van der Waals surface area contributed by atoms with Gasteiger partial charge in [-0.1, -0.05) is 51.9 Å². The van der Waals surface area contributed by atoms with E-state index in [1.807, 2.05) is 6.20 Å². The molecule has 1 aromatic carbocycles. The molecule has 0 saturated heterocycles. The van der Waals surface area contributed by atoms with Gasteiger partial charge in [-0.25, -0.2) is 9.78 Å². The summed E-state index contributed by atoms with van der Waals surface area (Å²) in [5.41, 5.74) is 1.53. The molecule has 0 fully saturated rings. The number of aryl methyl sites for hydroxylation is 1. The molecule has 11 heteroatoms. The lowest BCUT2D eigenvalue weighted by atomic mass is 10.1. The van der Waals surface area contributed by atoms with Crippen LogP contribution in [-0.4, -0.2) is 39.5 Å². The molecule has 0 spiro atoms. The number of aromatic carboxylic acids is 1. The molecule has 9 nitrogen and oxygen atoms in total. The molecule has 234 valence electrons. The molecule has 0 bridgehead atoms. The normalized spacial score (nSPS) is 11.2. The molecule has 4 rings (SSSR count).